The van der Waals surface area contributed by atoms with Gasteiger partial charge in [0.1, 0.15) is 11.5 Å². The Morgan fingerprint density at radius 1 is 0.824 bits per heavy atom. The molecule has 0 fully saturated rings. The average molecular weight is 463 g/mol. The second-order valence-corrected chi connectivity index (χ2v) is 8.06. The Balaban J connectivity index is 1.93. The fourth-order valence-corrected chi connectivity index (χ4v) is 2.69. The van der Waals surface area contributed by atoms with Gasteiger partial charge < -0.3 is 20.9 Å². The summed E-state index contributed by atoms with van der Waals surface area (Å²) in [5, 5.41) is 27.2. The standard InChI is InChI=1S/C24H26N6O4/c1-23(15-25,11-9-21(31)33-19-7-3-5-17(27)13-19)29-30-24(2,16-26)12-10-22(32)34-20-8-4-6-18(28)14-20/h3-8,13-14H,9-12,27-28H2,1-2H3/b30-29+. The lowest BCUT2D eigenvalue weighted by molar-refractivity contribution is -0.135. The molecule has 0 radical (unpaired) electrons. The van der Waals surface area contributed by atoms with Gasteiger partial charge in [-0.1, -0.05) is 12.1 Å². The molecule has 10 nitrogen and oxygen atoms in total. The maximum absolute atomic E-state index is 12.1. The Kier molecular flexibility index (Phi) is 8.68. The van der Waals surface area contributed by atoms with Crippen LogP contribution in [0, 0.1) is 22.7 Å². The van der Waals surface area contributed by atoms with Crippen molar-refractivity contribution < 1.29 is 19.1 Å². The number of azo groups is 1. The summed E-state index contributed by atoms with van der Waals surface area (Å²) >= 11 is 0. The van der Waals surface area contributed by atoms with E-state index < -0.39 is 23.0 Å². The molecule has 0 spiro atoms. The van der Waals surface area contributed by atoms with Gasteiger partial charge in [0, 0.05) is 36.3 Å². The molecule has 34 heavy (non-hydrogen) atoms. The van der Waals surface area contributed by atoms with Gasteiger partial charge in [-0.3, -0.25) is 9.59 Å². The van der Waals surface area contributed by atoms with E-state index in [9.17, 15) is 20.1 Å². The van der Waals surface area contributed by atoms with Gasteiger partial charge in [0.25, 0.3) is 0 Å². The first-order valence-electron chi connectivity index (χ1n) is 10.5. The van der Waals surface area contributed by atoms with Gasteiger partial charge in [-0.15, -0.1) is 0 Å². The van der Waals surface area contributed by atoms with E-state index in [0.717, 1.165) is 0 Å². The van der Waals surface area contributed by atoms with Crippen molar-refractivity contribution in [3.05, 3.63) is 48.5 Å². The van der Waals surface area contributed by atoms with E-state index in [0.29, 0.717) is 22.9 Å². The minimum Gasteiger partial charge on any atom is -0.426 e. The van der Waals surface area contributed by atoms with Gasteiger partial charge in [0.2, 0.25) is 0 Å². The van der Waals surface area contributed by atoms with E-state index in [2.05, 4.69) is 10.2 Å². The number of nitrogen functional groups attached to an aromatic ring is 2. The molecule has 0 aromatic heterocycles. The molecule has 0 aliphatic carbocycles. The number of carbonyl (C=O) groups excluding carboxylic acids is 2. The quantitative estimate of drug-likeness (QED) is 0.231. The first kappa shape index (κ1) is 25.8. The molecule has 2 aromatic rings. The molecule has 0 saturated heterocycles. The van der Waals surface area contributed by atoms with Crippen LogP contribution in [-0.4, -0.2) is 23.0 Å². The zero-order chi connectivity index (χ0) is 25.2. The van der Waals surface area contributed by atoms with Crippen molar-refractivity contribution in [2.24, 2.45) is 10.2 Å². The van der Waals surface area contributed by atoms with Gasteiger partial charge in [0.05, 0.1) is 12.1 Å². The molecule has 0 aliphatic rings. The van der Waals surface area contributed by atoms with E-state index in [4.69, 9.17) is 20.9 Å². The molecule has 2 unspecified atom stereocenters. The number of benzene rings is 2. The van der Waals surface area contributed by atoms with Crippen LogP contribution in [0.1, 0.15) is 39.5 Å². The van der Waals surface area contributed by atoms with E-state index in [1.165, 1.54) is 26.0 Å². The van der Waals surface area contributed by atoms with Crippen LogP contribution < -0.4 is 20.9 Å². The second-order valence-electron chi connectivity index (χ2n) is 8.06. The monoisotopic (exact) mass is 462 g/mol. The van der Waals surface area contributed by atoms with Crippen molar-refractivity contribution in [1.82, 2.24) is 0 Å². The topological polar surface area (TPSA) is 177 Å². The summed E-state index contributed by atoms with van der Waals surface area (Å²) in [7, 11) is 0. The normalized spacial score (nSPS) is 14.2. The predicted molar refractivity (Wildman–Crippen MR) is 124 cm³/mol. The minimum absolute atomic E-state index is 0.0210. The Bertz CT molecular complexity index is 1060. The Morgan fingerprint density at radius 3 is 1.53 bits per heavy atom. The van der Waals surface area contributed by atoms with Crippen molar-refractivity contribution in [2.75, 3.05) is 11.5 Å². The third kappa shape index (κ3) is 8.24. The molecule has 0 bridgehead atoms. The molecule has 4 N–H and O–H groups in total. The molecule has 176 valence electrons. The number of nitrogens with two attached hydrogens (primary N) is 2. The van der Waals surface area contributed by atoms with Crippen molar-refractivity contribution in [3.8, 4) is 23.6 Å². The van der Waals surface area contributed by atoms with Gasteiger partial charge in [0.15, 0.2) is 11.1 Å². The maximum Gasteiger partial charge on any atom is 0.311 e. The summed E-state index contributed by atoms with van der Waals surface area (Å²) in [6.07, 6.45) is -0.165. The summed E-state index contributed by atoms with van der Waals surface area (Å²) in [4.78, 5) is 24.3. The molecular formula is C24H26N6O4. The number of nitriles is 2. The molecule has 0 amide bonds. The smallest absolute Gasteiger partial charge is 0.311 e. The Hall–Kier alpha value is -4.44. The number of hydrogen-bond donors (Lipinski definition) is 2. The number of nitrogens with zero attached hydrogens (tertiary/aromatic N) is 4. The number of esters is 2. The molecule has 2 rings (SSSR count). The van der Waals surface area contributed by atoms with Gasteiger partial charge in [-0.05, 0) is 51.0 Å². The molecule has 10 heteroatoms. The van der Waals surface area contributed by atoms with Crippen LogP contribution in [0.2, 0.25) is 0 Å². The van der Waals surface area contributed by atoms with Gasteiger partial charge >= 0.3 is 11.9 Å². The minimum atomic E-state index is -1.37. The number of rotatable bonds is 10. The fourth-order valence-electron chi connectivity index (χ4n) is 2.69. The highest BCUT2D eigenvalue weighted by molar-refractivity contribution is 5.73. The number of anilines is 2. The number of carbonyl (C=O) groups is 2. The van der Waals surface area contributed by atoms with Crippen LogP contribution in [0.5, 0.6) is 11.5 Å². The molecule has 0 aliphatic heterocycles. The summed E-state index contributed by atoms with van der Waals surface area (Å²) < 4.78 is 10.4. The van der Waals surface area contributed by atoms with Crippen LogP contribution in [0.4, 0.5) is 11.4 Å². The highest BCUT2D eigenvalue weighted by Crippen LogP contribution is 2.25. The number of ether oxygens (including phenoxy) is 2. The maximum atomic E-state index is 12.1. The highest BCUT2D eigenvalue weighted by Gasteiger charge is 2.30. The van der Waals surface area contributed by atoms with Crippen LogP contribution in [0.15, 0.2) is 58.8 Å². The summed E-state index contributed by atoms with van der Waals surface area (Å²) in [6, 6.07) is 16.8. The van der Waals surface area contributed by atoms with Crippen LogP contribution in [-0.2, 0) is 9.59 Å². The lowest BCUT2D eigenvalue weighted by Gasteiger charge is -2.19. The Morgan fingerprint density at radius 2 is 1.21 bits per heavy atom. The van der Waals surface area contributed by atoms with E-state index in [1.807, 2.05) is 12.1 Å². The predicted octanol–water partition coefficient (Wildman–Crippen LogP) is 3.94. The third-order valence-electron chi connectivity index (χ3n) is 4.78. The zero-order valence-corrected chi connectivity index (χ0v) is 19.0. The number of hydrogen-bond acceptors (Lipinski definition) is 10. The first-order chi connectivity index (χ1) is 16.1. The van der Waals surface area contributed by atoms with E-state index >= 15 is 0 Å². The highest BCUT2D eigenvalue weighted by atomic mass is 16.5. The fraction of sp³-hybridized carbons (Fsp3) is 0.333. The SMILES string of the molecule is CC(C#N)(CCC(=O)Oc1cccc(N)c1)/N=N/C(C)(C#N)CCC(=O)Oc1cccc(N)c1. The second kappa shape index (κ2) is 11.4. The van der Waals surface area contributed by atoms with Gasteiger partial charge in [-0.2, -0.15) is 20.8 Å². The van der Waals surface area contributed by atoms with Gasteiger partial charge in [-0.25, -0.2) is 0 Å². The molecule has 2 aromatic carbocycles. The summed E-state index contributed by atoms with van der Waals surface area (Å²) in [5.41, 5.74) is 9.49. The van der Waals surface area contributed by atoms with Crippen molar-refractivity contribution in [3.63, 3.8) is 0 Å². The summed E-state index contributed by atoms with van der Waals surface area (Å²) in [6.45, 7) is 2.99. The molecule has 0 saturated carbocycles. The summed E-state index contributed by atoms with van der Waals surface area (Å²) in [5.74, 6) is -0.524. The van der Waals surface area contributed by atoms with E-state index in [-0.39, 0.29) is 25.7 Å². The van der Waals surface area contributed by atoms with Crippen molar-refractivity contribution in [2.45, 2.75) is 50.6 Å². The van der Waals surface area contributed by atoms with Crippen molar-refractivity contribution in [1.29, 1.82) is 10.5 Å². The van der Waals surface area contributed by atoms with E-state index in [1.54, 1.807) is 36.4 Å². The van der Waals surface area contributed by atoms with Crippen LogP contribution in [0.3, 0.4) is 0 Å². The lowest BCUT2D eigenvalue weighted by Crippen LogP contribution is -2.26. The molecule has 0 heterocycles. The largest absolute Gasteiger partial charge is 0.426 e. The molecule has 2 atom stereocenters. The molecular weight excluding hydrogens is 436 g/mol. The third-order valence-corrected chi connectivity index (χ3v) is 4.78. The first-order valence-corrected chi connectivity index (χ1v) is 10.5. The van der Waals surface area contributed by atoms with Crippen LogP contribution >= 0.6 is 0 Å². The Labute approximate surface area is 197 Å². The van der Waals surface area contributed by atoms with Crippen LogP contribution in [0.25, 0.3) is 0 Å². The zero-order valence-electron chi connectivity index (χ0n) is 19.0. The van der Waals surface area contributed by atoms with Crippen molar-refractivity contribution >= 4 is 23.3 Å². The lowest BCUT2D eigenvalue weighted by atomic mass is 9.97. The average Bonchev–Trinajstić information content (AvgIpc) is 2.80.